The van der Waals surface area contributed by atoms with E-state index in [0.29, 0.717) is 51.2 Å². The molecule has 0 unspecified atom stereocenters. The Morgan fingerprint density at radius 3 is 1.73 bits per heavy atom. The highest BCUT2D eigenvalue weighted by Gasteiger charge is 2.24. The minimum absolute atomic E-state index is 0.0542. The summed E-state index contributed by atoms with van der Waals surface area (Å²) in [6, 6.07) is 8.38. The smallest absolute Gasteiger partial charge is 0.408 e. The van der Waals surface area contributed by atoms with Crippen molar-refractivity contribution in [2.24, 2.45) is 5.41 Å². The molecule has 0 aromatic heterocycles. The van der Waals surface area contributed by atoms with E-state index in [2.05, 4.69) is 55.9 Å². The predicted molar refractivity (Wildman–Crippen MR) is 261 cm³/mol. The average molecular weight is 923 g/mol. The fourth-order valence-corrected chi connectivity index (χ4v) is 7.50. The second kappa shape index (κ2) is 41.2. The molecule has 1 aromatic rings. The fraction of sp³-hybridized carbons (Fsp3) is 0.800. The van der Waals surface area contributed by atoms with Gasteiger partial charge in [0, 0.05) is 37.7 Å². The van der Waals surface area contributed by atoms with Crippen LogP contribution in [0, 0.1) is 5.41 Å². The van der Waals surface area contributed by atoms with Crippen molar-refractivity contribution in [3.63, 3.8) is 0 Å². The number of hydrogen-bond donors (Lipinski definition) is 4. The van der Waals surface area contributed by atoms with Gasteiger partial charge in [0.15, 0.2) is 0 Å². The number of amides is 4. The summed E-state index contributed by atoms with van der Waals surface area (Å²) in [5.74, 6) is 1.34. The molecule has 1 rings (SSSR count). The summed E-state index contributed by atoms with van der Waals surface area (Å²) in [5, 5.41) is 11.2. The quantitative estimate of drug-likeness (QED) is 0.0367. The molecule has 0 bridgehead atoms. The third-order valence-corrected chi connectivity index (χ3v) is 11.5. The number of ether oxygens (including phenoxy) is 5. The van der Waals surface area contributed by atoms with Gasteiger partial charge in [-0.25, -0.2) is 14.4 Å². The van der Waals surface area contributed by atoms with E-state index in [4.69, 9.17) is 23.7 Å². The number of rotatable bonds is 41. The predicted octanol–water partition coefficient (Wildman–Crippen LogP) is 11.3. The lowest BCUT2D eigenvalue weighted by Gasteiger charge is -2.21. The highest BCUT2D eigenvalue weighted by atomic mass is 32.2. The largest absolute Gasteiger partial charge is 0.446 e. The third-order valence-electron chi connectivity index (χ3n) is 10.6. The zero-order chi connectivity index (χ0) is 46.8. The van der Waals surface area contributed by atoms with Crippen LogP contribution in [-0.4, -0.2) is 101 Å². The molecule has 2 atom stereocenters. The lowest BCUT2D eigenvalue weighted by molar-refractivity contribution is -0.123. The Balaban J connectivity index is 2.68. The summed E-state index contributed by atoms with van der Waals surface area (Å²) in [5.41, 5.74) is 1.15. The Kier molecular flexibility index (Phi) is 37.9. The van der Waals surface area contributed by atoms with Gasteiger partial charge in [-0.2, -0.15) is 11.8 Å². The van der Waals surface area contributed by atoms with E-state index in [-0.39, 0.29) is 32.1 Å². The van der Waals surface area contributed by atoms with Gasteiger partial charge in [-0.15, -0.1) is 0 Å². The molecule has 0 radical (unpaired) electrons. The maximum Gasteiger partial charge on any atom is 0.408 e. The van der Waals surface area contributed by atoms with E-state index in [1.54, 1.807) is 11.8 Å². The first-order chi connectivity index (χ1) is 31.0. The summed E-state index contributed by atoms with van der Waals surface area (Å²) >= 11 is 1.77. The van der Waals surface area contributed by atoms with Crippen molar-refractivity contribution >= 4 is 35.9 Å². The van der Waals surface area contributed by atoms with E-state index in [0.717, 1.165) is 75.0 Å². The first kappa shape index (κ1) is 58.8. The highest BCUT2D eigenvalue weighted by molar-refractivity contribution is 7.99. The number of unbranched alkanes of at least 4 members (excludes halogenated alkanes) is 14. The minimum Gasteiger partial charge on any atom is -0.446 e. The molecule has 0 spiro atoms. The van der Waals surface area contributed by atoms with Crippen LogP contribution in [-0.2, 0) is 35.1 Å². The molecule has 4 N–H and O–H groups in total. The molecule has 0 saturated heterocycles. The van der Waals surface area contributed by atoms with Crippen LogP contribution in [0.5, 0.6) is 0 Å². The number of carbonyl (C=O) groups is 4. The van der Waals surface area contributed by atoms with Crippen LogP contribution in [0.3, 0.4) is 0 Å². The summed E-state index contributed by atoms with van der Waals surface area (Å²) in [4.78, 5) is 51.8. The van der Waals surface area contributed by atoms with Crippen molar-refractivity contribution in [3.8, 4) is 0 Å². The number of thioether (sulfide) groups is 1. The molecule has 0 aliphatic heterocycles. The van der Waals surface area contributed by atoms with Gasteiger partial charge in [0.2, 0.25) is 5.91 Å². The molecular formula is C50H90N4O9S. The van der Waals surface area contributed by atoms with E-state index in [1.807, 2.05) is 30.3 Å². The SMILES string of the molecule is CCCCCCCCCCNC(=O)OC[C@@H](CCC[C@@H](NC(=O)OCc1ccccc1)C(=O)NCCOCCSCCOCCCC(C)(C)C)OC(=O)NCCCCCCCCCC. The Labute approximate surface area is 392 Å². The highest BCUT2D eigenvalue weighted by Crippen LogP contribution is 2.20. The summed E-state index contributed by atoms with van der Waals surface area (Å²) < 4.78 is 28.2. The van der Waals surface area contributed by atoms with Gasteiger partial charge in [0.05, 0.1) is 19.8 Å². The van der Waals surface area contributed by atoms with Gasteiger partial charge in [-0.1, -0.05) is 155 Å². The van der Waals surface area contributed by atoms with Gasteiger partial charge in [0.1, 0.15) is 25.4 Å². The fourth-order valence-electron chi connectivity index (χ4n) is 6.83. The Morgan fingerprint density at radius 2 is 1.14 bits per heavy atom. The van der Waals surface area contributed by atoms with Crippen LogP contribution >= 0.6 is 11.8 Å². The van der Waals surface area contributed by atoms with Crippen molar-refractivity contribution < 1.29 is 42.9 Å². The molecule has 13 nitrogen and oxygen atoms in total. The average Bonchev–Trinajstić information content (AvgIpc) is 3.27. The van der Waals surface area contributed by atoms with Crippen molar-refractivity contribution in [2.75, 3.05) is 64.2 Å². The minimum atomic E-state index is -0.922. The Morgan fingerprint density at radius 1 is 0.578 bits per heavy atom. The van der Waals surface area contributed by atoms with Gasteiger partial charge in [-0.3, -0.25) is 4.79 Å². The normalized spacial score (nSPS) is 12.3. The number of alkyl carbamates (subject to hydrolysis) is 3. The van der Waals surface area contributed by atoms with Gasteiger partial charge < -0.3 is 45.0 Å². The first-order valence-electron chi connectivity index (χ1n) is 24.9. The molecule has 0 heterocycles. The molecular weight excluding hydrogens is 833 g/mol. The van der Waals surface area contributed by atoms with E-state index in [1.165, 1.54) is 64.2 Å². The van der Waals surface area contributed by atoms with Crippen LogP contribution in [0.4, 0.5) is 14.4 Å². The van der Waals surface area contributed by atoms with Crippen LogP contribution in [0.1, 0.15) is 175 Å². The first-order valence-corrected chi connectivity index (χ1v) is 26.0. The molecule has 0 saturated carbocycles. The molecule has 1 aromatic carbocycles. The lowest BCUT2D eigenvalue weighted by atomic mass is 9.91. The molecule has 64 heavy (non-hydrogen) atoms. The van der Waals surface area contributed by atoms with Crippen LogP contribution in [0.2, 0.25) is 0 Å². The van der Waals surface area contributed by atoms with Gasteiger partial charge in [-0.05, 0) is 55.9 Å². The van der Waals surface area contributed by atoms with Crippen LogP contribution in [0.15, 0.2) is 30.3 Å². The number of hydrogen-bond acceptors (Lipinski definition) is 10. The van der Waals surface area contributed by atoms with E-state index in [9.17, 15) is 19.2 Å². The summed E-state index contributed by atoms with van der Waals surface area (Å²) in [6.45, 7) is 14.7. The third kappa shape index (κ3) is 38.1. The second-order valence-electron chi connectivity index (χ2n) is 17.9. The van der Waals surface area contributed by atoms with Crippen molar-refractivity contribution in [3.05, 3.63) is 35.9 Å². The monoisotopic (exact) mass is 923 g/mol. The van der Waals surface area contributed by atoms with Crippen molar-refractivity contribution in [2.45, 2.75) is 188 Å². The number of carbonyl (C=O) groups excluding carboxylic acids is 4. The molecule has 4 amide bonds. The van der Waals surface area contributed by atoms with E-state index < -0.39 is 30.4 Å². The summed E-state index contributed by atoms with van der Waals surface area (Å²) in [6.07, 6.45) is 19.0. The standard InChI is InChI=1S/C50H90N4O9S/c1-6-8-10-12-14-16-18-23-32-52-47(56)62-42-44(63-48(57)53-33-24-19-17-15-13-11-9-7-2)29-25-30-45(54-49(58)61-41-43-27-21-20-22-28-43)46(55)51-34-36-60-38-40-64-39-37-59-35-26-31-50(3,4)5/h20-22,27-28,44-45H,6-19,23-26,29-42H2,1-5H3,(H,51,55)(H,52,56)(H,53,57)(H,54,58)/t44-,45-/m1/s1. The number of nitrogens with one attached hydrogen (secondary N) is 4. The van der Waals surface area contributed by atoms with E-state index >= 15 is 0 Å². The topological polar surface area (TPSA) is 163 Å². The maximum atomic E-state index is 13.4. The van der Waals surface area contributed by atoms with Crippen molar-refractivity contribution in [1.29, 1.82) is 0 Å². The molecule has 14 heteroatoms. The van der Waals surface area contributed by atoms with Gasteiger partial charge >= 0.3 is 18.3 Å². The molecule has 0 aliphatic carbocycles. The summed E-state index contributed by atoms with van der Waals surface area (Å²) in [7, 11) is 0. The Bertz CT molecular complexity index is 1290. The molecule has 0 fully saturated rings. The second-order valence-corrected chi connectivity index (χ2v) is 19.1. The van der Waals surface area contributed by atoms with Crippen molar-refractivity contribution in [1.82, 2.24) is 21.3 Å². The van der Waals surface area contributed by atoms with Crippen LogP contribution < -0.4 is 21.3 Å². The number of benzene rings is 1. The van der Waals surface area contributed by atoms with Gasteiger partial charge in [0.25, 0.3) is 0 Å². The van der Waals surface area contributed by atoms with Crippen LogP contribution in [0.25, 0.3) is 0 Å². The zero-order valence-corrected chi connectivity index (χ0v) is 41.6. The lowest BCUT2D eigenvalue weighted by Crippen LogP contribution is -2.47. The Hall–Kier alpha value is -3.23. The molecule has 370 valence electrons. The molecule has 0 aliphatic rings. The maximum absolute atomic E-state index is 13.4. The zero-order valence-electron chi connectivity index (χ0n) is 40.8.